The fraction of sp³-hybridized carbons (Fsp3) is 0.457. The molecule has 2 aliphatic carbocycles. The molecule has 0 amide bonds. The number of ether oxygens (including phenoxy) is 2. The van der Waals surface area contributed by atoms with Gasteiger partial charge in [-0.1, -0.05) is 69.6 Å². The summed E-state index contributed by atoms with van der Waals surface area (Å²) < 4.78 is 11.4. The number of allylic oxidation sites excluding steroid dienone is 4. The molecule has 3 aliphatic rings. The van der Waals surface area contributed by atoms with E-state index in [2.05, 4.69) is 44.7 Å². The average Bonchev–Trinajstić information content (AvgIpc) is 2.90. The van der Waals surface area contributed by atoms with Crippen molar-refractivity contribution in [3.8, 4) is 11.5 Å². The van der Waals surface area contributed by atoms with Crippen LogP contribution >= 0.6 is 11.6 Å². The number of carboxylic acid groups (broad SMARTS) is 1. The molecular weight excluding hydrogens is 566 g/mol. The van der Waals surface area contributed by atoms with Crippen LogP contribution in [0.1, 0.15) is 77.3 Å². The van der Waals surface area contributed by atoms with Gasteiger partial charge >= 0.3 is 5.97 Å². The van der Waals surface area contributed by atoms with E-state index in [1.165, 1.54) is 5.56 Å². The zero-order chi connectivity index (χ0) is 31.1. The molecule has 1 heterocycles. The predicted octanol–water partition coefficient (Wildman–Crippen LogP) is 7.13. The smallest absolute Gasteiger partial charge is 0.341 e. The van der Waals surface area contributed by atoms with Gasteiger partial charge in [-0.05, 0) is 60.3 Å². The summed E-state index contributed by atoms with van der Waals surface area (Å²) in [5, 5.41) is 9.36. The summed E-state index contributed by atoms with van der Waals surface area (Å²) in [6.07, 6.45) is 2.94. The Kier molecular flexibility index (Phi) is 8.50. The highest BCUT2D eigenvalue weighted by atomic mass is 35.5. The van der Waals surface area contributed by atoms with Crippen LogP contribution in [0.3, 0.4) is 0 Å². The number of Topliss-reactive ketones (excluding diaryl/α,β-unsaturated/α-hetero) is 2. The first-order valence-electron chi connectivity index (χ1n) is 14.9. The van der Waals surface area contributed by atoms with Gasteiger partial charge in [-0.15, -0.1) is 0 Å². The van der Waals surface area contributed by atoms with Crippen LogP contribution in [0.15, 0.2) is 65.0 Å². The number of carbonyl (C=O) groups excluding carboxylic acids is 2. The number of hydrogen-bond acceptors (Lipinski definition) is 6. The van der Waals surface area contributed by atoms with Crippen LogP contribution in [0, 0.1) is 10.8 Å². The number of aliphatic carboxylic acids is 1. The summed E-state index contributed by atoms with van der Waals surface area (Å²) >= 11 is 6.72. The lowest BCUT2D eigenvalue weighted by molar-refractivity contribution is -0.139. The monoisotopic (exact) mass is 605 g/mol. The topological polar surface area (TPSA) is 93.1 Å². The molecule has 1 aliphatic heterocycles. The summed E-state index contributed by atoms with van der Waals surface area (Å²) in [5.74, 6) is -1.26. The number of carboxylic acids is 1. The molecule has 2 aromatic carbocycles. The first-order valence-corrected chi connectivity index (χ1v) is 15.3. The number of carbonyl (C=O) groups is 3. The van der Waals surface area contributed by atoms with Crippen LogP contribution in [-0.4, -0.2) is 47.3 Å². The van der Waals surface area contributed by atoms with E-state index in [-0.39, 0.29) is 38.9 Å². The number of benzene rings is 2. The fourth-order valence-corrected chi connectivity index (χ4v) is 7.10. The standard InChI is InChI=1S/C35H40ClNO6/c1-6-42-28-15-22(14-23(36)33(28)43-20-29(40)41)30-31-24(16-34(2,3)18-26(31)38)37(13-12-21-10-8-7-9-11-21)25-17-35(4,5)19-27(39)32(25)30/h7-11,14-15,30H,6,12-13,16-20H2,1-5H3,(H,40,41). The van der Waals surface area contributed by atoms with Crippen molar-refractivity contribution < 1.29 is 29.0 Å². The highest BCUT2D eigenvalue weighted by molar-refractivity contribution is 6.32. The third kappa shape index (κ3) is 6.37. The molecule has 0 radical (unpaired) electrons. The molecule has 43 heavy (non-hydrogen) atoms. The van der Waals surface area contributed by atoms with Gasteiger partial charge in [-0.25, -0.2) is 4.79 Å². The molecule has 0 aromatic heterocycles. The Morgan fingerprint density at radius 3 is 2.05 bits per heavy atom. The molecule has 1 N–H and O–H groups in total. The van der Waals surface area contributed by atoms with Crippen LogP contribution < -0.4 is 9.47 Å². The summed E-state index contributed by atoms with van der Waals surface area (Å²) in [5.41, 5.74) is 4.65. The average molecular weight is 606 g/mol. The van der Waals surface area contributed by atoms with Crippen LogP contribution in [0.2, 0.25) is 5.02 Å². The molecule has 0 saturated heterocycles. The van der Waals surface area contributed by atoms with Crippen LogP contribution in [0.4, 0.5) is 0 Å². The highest BCUT2D eigenvalue weighted by Gasteiger charge is 2.49. The van der Waals surface area contributed by atoms with Crippen molar-refractivity contribution >= 4 is 29.1 Å². The van der Waals surface area contributed by atoms with Gasteiger partial charge in [-0.3, -0.25) is 9.59 Å². The SMILES string of the molecule is CCOc1cc(C2C3=C(CC(C)(C)CC3=O)N(CCc3ccccc3)C3=C2C(=O)CC(C)(C)C3)cc(Cl)c1OCC(=O)O. The van der Waals surface area contributed by atoms with Crippen molar-refractivity contribution in [1.82, 2.24) is 4.90 Å². The second kappa shape index (κ2) is 11.8. The molecule has 0 atom stereocenters. The largest absolute Gasteiger partial charge is 0.490 e. The van der Waals surface area contributed by atoms with Gasteiger partial charge in [-0.2, -0.15) is 0 Å². The maximum absolute atomic E-state index is 14.1. The van der Waals surface area contributed by atoms with Gasteiger partial charge in [0.1, 0.15) is 0 Å². The van der Waals surface area contributed by atoms with Gasteiger partial charge in [0.2, 0.25) is 0 Å². The Hall–Kier alpha value is -3.58. The van der Waals surface area contributed by atoms with E-state index in [4.69, 9.17) is 21.1 Å². The van der Waals surface area contributed by atoms with Crippen molar-refractivity contribution in [1.29, 1.82) is 0 Å². The lowest BCUT2D eigenvalue weighted by Gasteiger charge is -2.49. The van der Waals surface area contributed by atoms with Gasteiger partial charge < -0.3 is 19.5 Å². The van der Waals surface area contributed by atoms with Crippen molar-refractivity contribution in [2.24, 2.45) is 10.8 Å². The van der Waals surface area contributed by atoms with E-state index in [9.17, 15) is 19.5 Å². The third-order valence-electron chi connectivity index (χ3n) is 8.49. The van der Waals surface area contributed by atoms with Crippen LogP contribution in [-0.2, 0) is 20.8 Å². The van der Waals surface area contributed by atoms with Gasteiger partial charge in [0.25, 0.3) is 0 Å². The number of rotatable bonds is 9. The van der Waals surface area contributed by atoms with E-state index in [1.807, 2.05) is 25.1 Å². The maximum Gasteiger partial charge on any atom is 0.341 e. The lowest BCUT2D eigenvalue weighted by Crippen LogP contribution is -2.45. The Balaban J connectivity index is 1.71. The molecule has 5 rings (SSSR count). The molecule has 7 nitrogen and oxygen atoms in total. The molecule has 228 valence electrons. The number of nitrogens with zero attached hydrogens (tertiary/aromatic N) is 1. The summed E-state index contributed by atoms with van der Waals surface area (Å²) in [6, 6.07) is 13.7. The Morgan fingerprint density at radius 2 is 1.51 bits per heavy atom. The van der Waals surface area contributed by atoms with E-state index < -0.39 is 18.5 Å². The Morgan fingerprint density at radius 1 is 0.930 bits per heavy atom. The normalized spacial score (nSPS) is 19.7. The maximum atomic E-state index is 14.1. The molecule has 0 fully saturated rings. The molecule has 2 aromatic rings. The van der Waals surface area contributed by atoms with Gasteiger partial charge in [0.05, 0.1) is 11.6 Å². The molecule has 0 unspecified atom stereocenters. The summed E-state index contributed by atoms with van der Waals surface area (Å²) in [4.78, 5) is 41.8. The quantitative estimate of drug-likeness (QED) is 0.325. The minimum Gasteiger partial charge on any atom is -0.490 e. The Labute approximate surface area is 258 Å². The Bertz CT molecular complexity index is 1470. The zero-order valence-electron chi connectivity index (χ0n) is 25.6. The van der Waals surface area contributed by atoms with Gasteiger partial charge in [0, 0.05) is 47.8 Å². The molecule has 0 bridgehead atoms. The summed E-state index contributed by atoms with van der Waals surface area (Å²) in [7, 11) is 0. The predicted molar refractivity (Wildman–Crippen MR) is 165 cm³/mol. The van der Waals surface area contributed by atoms with Crippen LogP contribution in [0.25, 0.3) is 0 Å². The molecule has 0 saturated carbocycles. The van der Waals surface area contributed by atoms with Crippen molar-refractivity contribution in [2.75, 3.05) is 19.8 Å². The van der Waals surface area contributed by atoms with E-state index in [0.717, 1.165) is 17.8 Å². The van der Waals surface area contributed by atoms with E-state index in [1.54, 1.807) is 12.1 Å². The zero-order valence-corrected chi connectivity index (χ0v) is 26.3. The molecule has 0 spiro atoms. The minimum absolute atomic E-state index is 0.0328. The van der Waals surface area contributed by atoms with Crippen molar-refractivity contribution in [3.05, 3.63) is 81.2 Å². The second-order valence-electron chi connectivity index (χ2n) is 13.4. The third-order valence-corrected chi connectivity index (χ3v) is 8.77. The number of ketones is 2. The highest BCUT2D eigenvalue weighted by Crippen LogP contribution is 2.55. The number of halogens is 1. The van der Waals surface area contributed by atoms with E-state index in [0.29, 0.717) is 55.5 Å². The lowest BCUT2D eigenvalue weighted by atomic mass is 9.63. The van der Waals surface area contributed by atoms with Crippen LogP contribution in [0.5, 0.6) is 11.5 Å². The number of hydrogen-bond donors (Lipinski definition) is 1. The molecular formula is C35H40ClNO6. The van der Waals surface area contributed by atoms with Crippen molar-refractivity contribution in [2.45, 2.75) is 72.6 Å². The first kappa shape index (κ1) is 30.9. The fourth-order valence-electron chi connectivity index (χ4n) is 6.83. The van der Waals surface area contributed by atoms with E-state index >= 15 is 0 Å². The first-order chi connectivity index (χ1) is 20.3. The van der Waals surface area contributed by atoms with Gasteiger partial charge in [0.15, 0.2) is 29.7 Å². The second-order valence-corrected chi connectivity index (χ2v) is 13.8. The minimum atomic E-state index is -1.14. The summed E-state index contributed by atoms with van der Waals surface area (Å²) in [6.45, 7) is 10.7. The molecule has 8 heteroatoms. The van der Waals surface area contributed by atoms with Crippen molar-refractivity contribution in [3.63, 3.8) is 0 Å².